The molecule has 6 nitrogen and oxygen atoms in total. The molecule has 2 aromatic rings. The number of carbonyl (C=O) groups is 1. The molecule has 0 saturated carbocycles. The first-order valence-electron chi connectivity index (χ1n) is 7.83. The Morgan fingerprint density at radius 3 is 2.75 bits per heavy atom. The molecule has 0 aliphatic carbocycles. The lowest BCUT2D eigenvalue weighted by Gasteiger charge is -2.26. The normalized spacial score (nSPS) is 15.0. The molecule has 0 N–H and O–H groups in total. The highest BCUT2D eigenvalue weighted by molar-refractivity contribution is 5.90. The van der Waals surface area contributed by atoms with Crippen LogP contribution in [0, 0.1) is 6.92 Å². The van der Waals surface area contributed by atoms with Crippen LogP contribution in [0.4, 0.5) is 11.6 Å². The molecule has 0 spiro atoms. The van der Waals surface area contributed by atoms with Crippen LogP contribution >= 0.6 is 0 Å². The van der Waals surface area contributed by atoms with Gasteiger partial charge in [-0.15, -0.1) is 0 Å². The van der Waals surface area contributed by atoms with Crippen LogP contribution in [0.25, 0.3) is 0 Å². The number of nitrogens with zero attached hydrogens (tertiary/aromatic N) is 2. The smallest absolute Gasteiger partial charge is 0.337 e. The van der Waals surface area contributed by atoms with Gasteiger partial charge >= 0.3 is 5.97 Å². The minimum atomic E-state index is -0.352. The lowest BCUT2D eigenvalue weighted by Crippen LogP contribution is -2.35. The van der Waals surface area contributed by atoms with Crippen LogP contribution in [0.2, 0.25) is 0 Å². The second-order valence-corrected chi connectivity index (χ2v) is 5.53. The standard InChI is InChI=1S/C18H20N2O4/c1-13-11-14(18(21)22-2)3-5-16(13)19-12-15-4-6-17(24-15)20-7-9-23-10-8-20/h3-6,11-12H,7-10H2,1-2H3. The van der Waals surface area contributed by atoms with Crippen LogP contribution in [0.3, 0.4) is 0 Å². The molecule has 1 aliphatic heterocycles. The van der Waals surface area contributed by atoms with Crippen molar-refractivity contribution in [3.8, 4) is 0 Å². The van der Waals surface area contributed by atoms with Crippen LogP contribution in [0.15, 0.2) is 39.7 Å². The highest BCUT2D eigenvalue weighted by Gasteiger charge is 2.14. The summed E-state index contributed by atoms with van der Waals surface area (Å²) in [6.07, 6.45) is 1.68. The van der Waals surface area contributed by atoms with E-state index in [0.29, 0.717) is 11.3 Å². The van der Waals surface area contributed by atoms with Crippen molar-refractivity contribution < 1.29 is 18.7 Å². The fraction of sp³-hybridized carbons (Fsp3) is 0.333. The van der Waals surface area contributed by atoms with Crippen molar-refractivity contribution in [2.24, 2.45) is 4.99 Å². The lowest BCUT2D eigenvalue weighted by molar-refractivity contribution is 0.0600. The Bertz CT molecular complexity index is 745. The van der Waals surface area contributed by atoms with Crippen molar-refractivity contribution in [2.45, 2.75) is 6.92 Å². The van der Waals surface area contributed by atoms with E-state index in [-0.39, 0.29) is 5.97 Å². The zero-order valence-electron chi connectivity index (χ0n) is 13.8. The molecule has 126 valence electrons. The molecule has 6 heteroatoms. The number of carbonyl (C=O) groups excluding carboxylic acids is 1. The number of hydrogen-bond acceptors (Lipinski definition) is 6. The highest BCUT2D eigenvalue weighted by Crippen LogP contribution is 2.22. The summed E-state index contributed by atoms with van der Waals surface area (Å²) in [4.78, 5) is 18.1. The van der Waals surface area contributed by atoms with Gasteiger partial charge in [-0.05, 0) is 36.8 Å². The van der Waals surface area contributed by atoms with Gasteiger partial charge in [0.05, 0.1) is 37.8 Å². The van der Waals surface area contributed by atoms with Gasteiger partial charge in [0.2, 0.25) is 0 Å². The summed E-state index contributed by atoms with van der Waals surface area (Å²) in [5, 5.41) is 0. The molecule has 0 atom stereocenters. The van der Waals surface area contributed by atoms with Gasteiger partial charge in [0.25, 0.3) is 0 Å². The van der Waals surface area contributed by atoms with Gasteiger partial charge in [-0.3, -0.25) is 4.99 Å². The number of esters is 1. The fourth-order valence-corrected chi connectivity index (χ4v) is 2.54. The molecule has 0 unspecified atom stereocenters. The number of methoxy groups -OCH3 is 1. The van der Waals surface area contributed by atoms with Gasteiger partial charge in [0, 0.05) is 19.2 Å². The van der Waals surface area contributed by atoms with E-state index >= 15 is 0 Å². The van der Waals surface area contributed by atoms with Crippen LogP contribution < -0.4 is 4.90 Å². The van der Waals surface area contributed by atoms with E-state index < -0.39 is 0 Å². The quantitative estimate of drug-likeness (QED) is 0.638. The maximum atomic E-state index is 11.5. The molecule has 0 amide bonds. The summed E-state index contributed by atoms with van der Waals surface area (Å²) in [7, 11) is 1.37. The zero-order valence-corrected chi connectivity index (χ0v) is 13.8. The Balaban J connectivity index is 1.71. The Morgan fingerprint density at radius 2 is 2.04 bits per heavy atom. The average Bonchev–Trinajstić information content (AvgIpc) is 3.09. The Kier molecular flexibility index (Phi) is 4.96. The molecular formula is C18H20N2O4. The van der Waals surface area contributed by atoms with Crippen molar-refractivity contribution in [3.05, 3.63) is 47.2 Å². The Morgan fingerprint density at radius 1 is 1.25 bits per heavy atom. The van der Waals surface area contributed by atoms with E-state index in [2.05, 4.69) is 9.89 Å². The fourth-order valence-electron chi connectivity index (χ4n) is 2.54. The third-order valence-corrected chi connectivity index (χ3v) is 3.88. The lowest BCUT2D eigenvalue weighted by atomic mass is 10.1. The van der Waals surface area contributed by atoms with Crippen LogP contribution in [-0.4, -0.2) is 45.6 Å². The maximum Gasteiger partial charge on any atom is 0.337 e. The number of anilines is 1. The summed E-state index contributed by atoms with van der Waals surface area (Å²) in [5.41, 5.74) is 2.20. The first kappa shape index (κ1) is 16.3. The van der Waals surface area contributed by atoms with E-state index in [1.54, 1.807) is 24.4 Å². The van der Waals surface area contributed by atoms with E-state index in [1.165, 1.54) is 7.11 Å². The van der Waals surface area contributed by atoms with Crippen molar-refractivity contribution in [3.63, 3.8) is 0 Å². The number of hydrogen-bond donors (Lipinski definition) is 0. The van der Waals surface area contributed by atoms with Crippen LogP contribution in [-0.2, 0) is 9.47 Å². The molecule has 1 saturated heterocycles. The second kappa shape index (κ2) is 7.31. The SMILES string of the molecule is COC(=O)c1ccc(N=Cc2ccc(N3CCOCC3)o2)c(C)c1. The number of morpholine rings is 1. The first-order valence-corrected chi connectivity index (χ1v) is 7.83. The van der Waals surface area contributed by atoms with Crippen LogP contribution in [0.1, 0.15) is 21.7 Å². The third-order valence-electron chi connectivity index (χ3n) is 3.88. The molecule has 1 aromatic carbocycles. The number of rotatable bonds is 4. The minimum Gasteiger partial charge on any atom is -0.465 e. The van der Waals surface area contributed by atoms with E-state index in [0.717, 1.165) is 43.4 Å². The van der Waals surface area contributed by atoms with Gasteiger partial charge in [-0.2, -0.15) is 0 Å². The summed E-state index contributed by atoms with van der Waals surface area (Å²) < 4.78 is 15.9. The zero-order chi connectivity index (χ0) is 16.9. The molecular weight excluding hydrogens is 308 g/mol. The minimum absolute atomic E-state index is 0.352. The Hall–Kier alpha value is -2.60. The topological polar surface area (TPSA) is 64.3 Å². The first-order chi connectivity index (χ1) is 11.7. The maximum absolute atomic E-state index is 11.5. The molecule has 0 bridgehead atoms. The Labute approximate surface area is 140 Å². The van der Waals surface area contributed by atoms with Gasteiger partial charge in [-0.25, -0.2) is 4.79 Å². The van der Waals surface area contributed by atoms with Gasteiger partial charge < -0.3 is 18.8 Å². The van der Waals surface area contributed by atoms with Crippen molar-refractivity contribution in [1.82, 2.24) is 0 Å². The van der Waals surface area contributed by atoms with E-state index in [9.17, 15) is 4.79 Å². The molecule has 2 heterocycles. The van der Waals surface area contributed by atoms with Gasteiger partial charge in [0.15, 0.2) is 5.88 Å². The van der Waals surface area contributed by atoms with Crippen molar-refractivity contribution in [1.29, 1.82) is 0 Å². The number of ether oxygens (including phenoxy) is 2. The number of benzene rings is 1. The molecule has 24 heavy (non-hydrogen) atoms. The molecule has 1 aliphatic rings. The summed E-state index contributed by atoms with van der Waals surface area (Å²) >= 11 is 0. The predicted molar refractivity (Wildman–Crippen MR) is 91.5 cm³/mol. The number of furan rings is 1. The largest absolute Gasteiger partial charge is 0.465 e. The molecule has 1 fully saturated rings. The summed E-state index contributed by atoms with van der Waals surface area (Å²) in [6, 6.07) is 9.10. The predicted octanol–water partition coefficient (Wildman–Crippen LogP) is 2.96. The summed E-state index contributed by atoms with van der Waals surface area (Å²) in [5.74, 6) is 1.17. The van der Waals surface area contributed by atoms with E-state index in [4.69, 9.17) is 13.9 Å². The van der Waals surface area contributed by atoms with E-state index in [1.807, 2.05) is 19.1 Å². The number of aryl methyl sites for hydroxylation is 1. The second-order valence-electron chi connectivity index (χ2n) is 5.53. The monoisotopic (exact) mass is 328 g/mol. The van der Waals surface area contributed by atoms with Gasteiger partial charge in [0.1, 0.15) is 5.76 Å². The van der Waals surface area contributed by atoms with Crippen molar-refractivity contribution in [2.75, 3.05) is 38.3 Å². The highest BCUT2D eigenvalue weighted by atomic mass is 16.5. The third kappa shape index (κ3) is 3.65. The molecule has 0 radical (unpaired) electrons. The molecule has 1 aromatic heterocycles. The summed E-state index contributed by atoms with van der Waals surface area (Å²) in [6.45, 7) is 5.00. The van der Waals surface area contributed by atoms with Gasteiger partial charge in [-0.1, -0.05) is 0 Å². The number of aliphatic imine (C=N–C) groups is 1. The van der Waals surface area contributed by atoms with Crippen LogP contribution in [0.5, 0.6) is 0 Å². The molecule has 3 rings (SSSR count). The van der Waals surface area contributed by atoms with Crippen molar-refractivity contribution >= 4 is 23.8 Å². The average molecular weight is 328 g/mol.